The maximum absolute atomic E-state index is 12.4. The molecular formula is C18H26INO3S. The molecule has 1 saturated heterocycles. The number of hydrogen-bond donors (Lipinski definition) is 0. The molecule has 1 aliphatic rings. The third kappa shape index (κ3) is 6.11. The lowest BCUT2D eigenvalue weighted by Crippen LogP contribution is -2.39. The lowest BCUT2D eigenvalue weighted by Gasteiger charge is -2.37. The van der Waals surface area contributed by atoms with Crippen LogP contribution in [0.1, 0.15) is 30.4 Å². The second-order valence-electron chi connectivity index (χ2n) is 6.44. The molecule has 3 atom stereocenters. The molecule has 0 saturated carbocycles. The highest BCUT2D eigenvalue weighted by Gasteiger charge is 2.30. The zero-order chi connectivity index (χ0) is 17.5. The molecule has 6 heteroatoms. The number of rotatable bonds is 7. The predicted octanol–water partition coefficient (Wildman–Crippen LogP) is 2.97. The van der Waals surface area contributed by atoms with E-state index in [1.807, 2.05) is 0 Å². The van der Waals surface area contributed by atoms with Crippen molar-refractivity contribution >= 4 is 39.4 Å². The van der Waals surface area contributed by atoms with Gasteiger partial charge in [-0.05, 0) is 43.0 Å². The van der Waals surface area contributed by atoms with Crippen LogP contribution in [0.15, 0.2) is 24.3 Å². The molecule has 0 spiro atoms. The van der Waals surface area contributed by atoms with Gasteiger partial charge in [-0.15, -0.1) is 0 Å². The van der Waals surface area contributed by atoms with Crippen molar-refractivity contribution in [1.29, 1.82) is 0 Å². The number of benzene rings is 1. The summed E-state index contributed by atoms with van der Waals surface area (Å²) in [5.41, 5.74) is 2.70. The van der Waals surface area contributed by atoms with Gasteiger partial charge in [0.25, 0.3) is 0 Å². The molecule has 1 fully saturated rings. The van der Waals surface area contributed by atoms with Crippen LogP contribution < -0.4 is 0 Å². The van der Waals surface area contributed by atoms with Gasteiger partial charge in [-0.3, -0.25) is 9.00 Å². The molecule has 0 amide bonds. The van der Waals surface area contributed by atoms with E-state index >= 15 is 0 Å². The molecule has 0 bridgehead atoms. The first-order valence-electron chi connectivity index (χ1n) is 8.31. The smallest absolute Gasteiger partial charge is 0.302 e. The van der Waals surface area contributed by atoms with Crippen molar-refractivity contribution < 1.29 is 13.7 Å². The Morgan fingerprint density at radius 1 is 1.38 bits per heavy atom. The van der Waals surface area contributed by atoms with Crippen LogP contribution in [0.2, 0.25) is 0 Å². The van der Waals surface area contributed by atoms with Gasteiger partial charge in [0, 0.05) is 34.4 Å². The fourth-order valence-corrected chi connectivity index (χ4v) is 5.04. The summed E-state index contributed by atoms with van der Waals surface area (Å²) < 4.78 is 18.3. The van der Waals surface area contributed by atoms with Crippen LogP contribution in [-0.4, -0.2) is 53.3 Å². The van der Waals surface area contributed by atoms with Gasteiger partial charge in [-0.1, -0.05) is 46.9 Å². The maximum Gasteiger partial charge on any atom is 0.302 e. The quantitative estimate of drug-likeness (QED) is 0.355. The molecule has 1 aliphatic heterocycles. The summed E-state index contributed by atoms with van der Waals surface area (Å²) in [6, 6.07) is 8.88. The van der Waals surface area contributed by atoms with E-state index in [0.717, 1.165) is 23.9 Å². The molecule has 0 aliphatic carbocycles. The first-order chi connectivity index (χ1) is 11.5. The van der Waals surface area contributed by atoms with Crippen LogP contribution >= 0.6 is 22.6 Å². The van der Waals surface area contributed by atoms with Crippen LogP contribution in [0.4, 0.5) is 0 Å². The topological polar surface area (TPSA) is 46.6 Å². The van der Waals surface area contributed by atoms with Crippen LogP contribution in [0.3, 0.4) is 0 Å². The van der Waals surface area contributed by atoms with Crippen molar-refractivity contribution in [1.82, 2.24) is 4.90 Å². The summed E-state index contributed by atoms with van der Waals surface area (Å²) in [4.78, 5) is 13.1. The fourth-order valence-electron chi connectivity index (χ4n) is 3.28. The van der Waals surface area contributed by atoms with Gasteiger partial charge in [0.1, 0.15) is 6.61 Å². The third-order valence-electron chi connectivity index (χ3n) is 4.52. The largest absolute Gasteiger partial charge is 0.465 e. The monoisotopic (exact) mass is 463 g/mol. The molecule has 0 radical (unpaired) electrons. The van der Waals surface area contributed by atoms with E-state index in [1.54, 1.807) is 0 Å². The van der Waals surface area contributed by atoms with Gasteiger partial charge >= 0.3 is 5.97 Å². The fraction of sp³-hybridized carbons (Fsp3) is 0.611. The third-order valence-corrected chi connectivity index (χ3v) is 6.82. The van der Waals surface area contributed by atoms with Crippen molar-refractivity contribution in [2.75, 3.05) is 38.2 Å². The van der Waals surface area contributed by atoms with E-state index in [2.05, 4.69) is 58.8 Å². The molecule has 2 rings (SSSR count). The molecule has 1 aromatic rings. The number of alkyl halides is 1. The van der Waals surface area contributed by atoms with Gasteiger partial charge in [0.15, 0.2) is 0 Å². The second kappa shape index (κ2) is 9.87. The summed E-state index contributed by atoms with van der Waals surface area (Å²) in [6.45, 7) is 3.68. The number of halogens is 1. The Bertz CT molecular complexity index is 564. The average Bonchev–Trinajstić information content (AvgIpc) is 2.55. The Balaban J connectivity index is 1.99. The number of ether oxygens (including phenoxy) is 1. The highest BCUT2D eigenvalue weighted by molar-refractivity contribution is 14.1. The molecule has 1 heterocycles. The number of likely N-dealkylation sites (tertiary alicyclic amines) is 1. The zero-order valence-electron chi connectivity index (χ0n) is 14.4. The lowest BCUT2D eigenvalue weighted by atomic mass is 9.81. The first-order valence-corrected chi connectivity index (χ1v) is 11.3. The molecule has 0 N–H and O–H groups in total. The first kappa shape index (κ1) is 19.8. The van der Waals surface area contributed by atoms with Crippen LogP contribution in [-0.2, 0) is 24.8 Å². The van der Waals surface area contributed by atoms with Crippen LogP contribution in [0.5, 0.6) is 0 Å². The number of hydrogen-bond acceptors (Lipinski definition) is 4. The van der Waals surface area contributed by atoms with E-state index in [1.165, 1.54) is 18.1 Å². The maximum atomic E-state index is 12.4. The summed E-state index contributed by atoms with van der Waals surface area (Å²) >= 11 is 2.38. The SMILES string of the molecule is CC(=O)OCCS(=O)C[C@H]1CN(C)CC[C@@H]1c1ccc(CI)cc1. The average molecular weight is 463 g/mol. The Morgan fingerprint density at radius 2 is 2.08 bits per heavy atom. The molecule has 0 aromatic heterocycles. The molecule has 4 nitrogen and oxygen atoms in total. The standard InChI is InChI=1S/C18H26INO3S/c1-14(21)23-9-10-24(22)13-17-12-20(2)8-7-18(17)16-5-3-15(11-19)4-6-16/h3-6,17-18H,7-13H2,1-2H3/t17-,18-,24?/m1/s1. The van der Waals surface area contributed by atoms with E-state index in [4.69, 9.17) is 4.74 Å². The Kier molecular flexibility index (Phi) is 8.16. The second-order valence-corrected chi connectivity index (χ2v) is 8.83. The van der Waals surface area contributed by atoms with Crippen molar-refractivity contribution in [2.45, 2.75) is 23.7 Å². The normalized spacial score (nSPS) is 23.0. The zero-order valence-corrected chi connectivity index (χ0v) is 17.3. The van der Waals surface area contributed by atoms with Crippen molar-refractivity contribution in [3.8, 4) is 0 Å². The van der Waals surface area contributed by atoms with Crippen LogP contribution in [0, 0.1) is 5.92 Å². The summed E-state index contributed by atoms with van der Waals surface area (Å²) in [6.07, 6.45) is 1.10. The van der Waals surface area contributed by atoms with E-state index in [-0.39, 0.29) is 12.6 Å². The summed E-state index contributed by atoms with van der Waals surface area (Å²) in [5, 5.41) is 0. The Morgan fingerprint density at radius 3 is 2.71 bits per heavy atom. The highest BCUT2D eigenvalue weighted by Crippen LogP contribution is 2.33. The minimum Gasteiger partial charge on any atom is -0.465 e. The number of esters is 1. The molecule has 1 unspecified atom stereocenters. The van der Waals surface area contributed by atoms with Gasteiger partial charge in [-0.25, -0.2) is 0 Å². The van der Waals surface area contributed by atoms with Gasteiger partial charge in [0.05, 0.1) is 5.75 Å². The molecule has 24 heavy (non-hydrogen) atoms. The number of piperidine rings is 1. The number of nitrogens with zero attached hydrogens (tertiary/aromatic N) is 1. The molecule has 1 aromatic carbocycles. The number of carbonyl (C=O) groups excluding carboxylic acids is 1. The molecule has 134 valence electrons. The summed E-state index contributed by atoms with van der Waals surface area (Å²) in [5.74, 6) is 1.64. The minimum atomic E-state index is -0.954. The highest BCUT2D eigenvalue weighted by atomic mass is 127. The Labute approximate surface area is 160 Å². The van der Waals surface area contributed by atoms with Crippen LogP contribution in [0.25, 0.3) is 0 Å². The van der Waals surface area contributed by atoms with Crippen molar-refractivity contribution in [3.05, 3.63) is 35.4 Å². The van der Waals surface area contributed by atoms with Gasteiger partial charge < -0.3 is 9.64 Å². The minimum absolute atomic E-state index is 0.250. The van der Waals surface area contributed by atoms with Crippen molar-refractivity contribution in [3.63, 3.8) is 0 Å². The number of carbonyl (C=O) groups is 1. The lowest BCUT2D eigenvalue weighted by molar-refractivity contribution is -0.140. The predicted molar refractivity (Wildman–Crippen MR) is 107 cm³/mol. The van der Waals surface area contributed by atoms with E-state index < -0.39 is 10.8 Å². The van der Waals surface area contributed by atoms with Gasteiger partial charge in [0.2, 0.25) is 0 Å². The van der Waals surface area contributed by atoms with Crippen molar-refractivity contribution in [2.24, 2.45) is 5.92 Å². The van der Waals surface area contributed by atoms with Gasteiger partial charge in [-0.2, -0.15) is 0 Å². The Hall–Kier alpha value is -0.470. The van der Waals surface area contributed by atoms with E-state index in [0.29, 0.717) is 23.3 Å². The van der Waals surface area contributed by atoms with E-state index in [9.17, 15) is 9.00 Å². The molecular weight excluding hydrogens is 437 g/mol. The summed E-state index contributed by atoms with van der Waals surface area (Å²) in [7, 11) is 1.17.